The third-order valence-electron chi connectivity index (χ3n) is 4.18. The number of primary amides is 1. The standard InChI is InChI=1S/C17H24N2O4/c1-17(2,15(20)21)23-14-10-8-13(9-11-14)19(16(18)22)12-6-4-3-5-7-12/h8-12H,3-7H2,1-2H3,(H2,18,22)(H,20,21). The molecule has 23 heavy (non-hydrogen) atoms. The zero-order chi connectivity index (χ0) is 17.0. The molecule has 6 heteroatoms. The number of nitrogens with two attached hydrogens (primary N) is 1. The lowest BCUT2D eigenvalue weighted by molar-refractivity contribution is -0.152. The molecule has 3 N–H and O–H groups in total. The summed E-state index contributed by atoms with van der Waals surface area (Å²) >= 11 is 0. The molecule has 2 rings (SSSR count). The van der Waals surface area contributed by atoms with Crippen molar-refractivity contribution in [3.05, 3.63) is 24.3 Å². The van der Waals surface area contributed by atoms with E-state index in [1.165, 1.54) is 20.3 Å². The van der Waals surface area contributed by atoms with E-state index in [4.69, 9.17) is 15.6 Å². The van der Waals surface area contributed by atoms with E-state index in [0.29, 0.717) is 11.4 Å². The molecule has 0 aromatic heterocycles. The highest BCUT2D eigenvalue weighted by Crippen LogP contribution is 2.29. The topological polar surface area (TPSA) is 92.9 Å². The van der Waals surface area contributed by atoms with Crippen LogP contribution in [-0.2, 0) is 4.79 Å². The summed E-state index contributed by atoms with van der Waals surface area (Å²) < 4.78 is 5.47. The average molecular weight is 320 g/mol. The molecule has 1 aromatic carbocycles. The first kappa shape index (κ1) is 17.1. The molecule has 1 saturated carbocycles. The molecule has 1 aliphatic rings. The Morgan fingerprint density at radius 3 is 2.22 bits per heavy atom. The number of amides is 2. The summed E-state index contributed by atoms with van der Waals surface area (Å²) in [6.45, 7) is 2.97. The predicted molar refractivity (Wildman–Crippen MR) is 87.7 cm³/mol. The molecule has 0 aliphatic heterocycles. The molecule has 1 fully saturated rings. The summed E-state index contributed by atoms with van der Waals surface area (Å²) in [6.07, 6.45) is 5.30. The summed E-state index contributed by atoms with van der Waals surface area (Å²) in [5, 5.41) is 9.09. The van der Waals surface area contributed by atoms with Crippen LogP contribution >= 0.6 is 0 Å². The highest BCUT2D eigenvalue weighted by Gasteiger charge is 2.30. The molecule has 0 bridgehead atoms. The van der Waals surface area contributed by atoms with Crippen molar-refractivity contribution in [3.63, 3.8) is 0 Å². The first-order valence-corrected chi connectivity index (χ1v) is 7.92. The quantitative estimate of drug-likeness (QED) is 0.871. The van der Waals surface area contributed by atoms with Gasteiger partial charge in [-0.2, -0.15) is 0 Å². The molecule has 0 atom stereocenters. The van der Waals surface area contributed by atoms with Crippen LogP contribution < -0.4 is 15.4 Å². The van der Waals surface area contributed by atoms with Crippen LogP contribution in [0.5, 0.6) is 5.75 Å². The normalized spacial score (nSPS) is 15.9. The van der Waals surface area contributed by atoms with Gasteiger partial charge in [0.1, 0.15) is 5.75 Å². The first-order chi connectivity index (χ1) is 10.8. The number of carboxylic acids is 1. The minimum Gasteiger partial charge on any atom is -0.478 e. The number of anilines is 1. The van der Waals surface area contributed by atoms with Crippen LogP contribution in [0.1, 0.15) is 46.0 Å². The summed E-state index contributed by atoms with van der Waals surface area (Å²) in [5.74, 6) is -0.600. The Morgan fingerprint density at radius 2 is 1.74 bits per heavy atom. The number of carboxylic acid groups (broad SMARTS) is 1. The maximum absolute atomic E-state index is 11.8. The van der Waals surface area contributed by atoms with Crippen molar-refractivity contribution in [2.24, 2.45) is 5.73 Å². The number of benzene rings is 1. The molecule has 0 radical (unpaired) electrons. The molecule has 0 spiro atoms. The summed E-state index contributed by atoms with van der Waals surface area (Å²) in [7, 11) is 0. The van der Waals surface area contributed by atoms with Gasteiger partial charge >= 0.3 is 12.0 Å². The number of rotatable bonds is 5. The third-order valence-corrected chi connectivity index (χ3v) is 4.18. The van der Waals surface area contributed by atoms with E-state index in [1.54, 1.807) is 29.2 Å². The summed E-state index contributed by atoms with van der Waals surface area (Å²) in [6, 6.07) is 6.48. The molecule has 2 amide bonds. The lowest BCUT2D eigenvalue weighted by Gasteiger charge is -2.33. The second-order valence-electron chi connectivity index (χ2n) is 6.41. The van der Waals surface area contributed by atoms with Crippen molar-refractivity contribution in [1.29, 1.82) is 0 Å². The van der Waals surface area contributed by atoms with Crippen molar-refractivity contribution < 1.29 is 19.4 Å². The van der Waals surface area contributed by atoms with Gasteiger partial charge in [0.05, 0.1) is 0 Å². The molecule has 0 unspecified atom stereocenters. The van der Waals surface area contributed by atoms with Crippen LogP contribution in [0.2, 0.25) is 0 Å². The average Bonchev–Trinajstić information content (AvgIpc) is 2.49. The van der Waals surface area contributed by atoms with Crippen LogP contribution in [0.3, 0.4) is 0 Å². The maximum Gasteiger partial charge on any atom is 0.347 e. The number of carbonyl (C=O) groups excluding carboxylic acids is 1. The lowest BCUT2D eigenvalue weighted by Crippen LogP contribution is -2.44. The van der Waals surface area contributed by atoms with E-state index in [2.05, 4.69) is 0 Å². The molecule has 1 aromatic rings. The predicted octanol–water partition coefficient (Wildman–Crippen LogP) is 3.15. The molecule has 0 saturated heterocycles. The Morgan fingerprint density at radius 1 is 1.17 bits per heavy atom. The van der Waals surface area contributed by atoms with E-state index in [1.807, 2.05) is 0 Å². The van der Waals surface area contributed by atoms with E-state index in [0.717, 1.165) is 25.7 Å². The van der Waals surface area contributed by atoms with E-state index in [9.17, 15) is 9.59 Å². The van der Waals surface area contributed by atoms with Gasteiger partial charge in [-0.05, 0) is 51.0 Å². The number of carbonyl (C=O) groups is 2. The van der Waals surface area contributed by atoms with Gasteiger partial charge in [-0.1, -0.05) is 19.3 Å². The maximum atomic E-state index is 11.8. The van der Waals surface area contributed by atoms with Crippen molar-refractivity contribution in [2.45, 2.75) is 57.6 Å². The van der Waals surface area contributed by atoms with Crippen molar-refractivity contribution in [3.8, 4) is 5.75 Å². The zero-order valence-electron chi connectivity index (χ0n) is 13.6. The van der Waals surface area contributed by atoms with Gasteiger partial charge in [0.25, 0.3) is 0 Å². The lowest BCUT2D eigenvalue weighted by atomic mass is 9.94. The second-order valence-corrected chi connectivity index (χ2v) is 6.41. The highest BCUT2D eigenvalue weighted by atomic mass is 16.5. The van der Waals surface area contributed by atoms with Crippen molar-refractivity contribution in [1.82, 2.24) is 0 Å². The number of nitrogens with zero attached hydrogens (tertiary/aromatic N) is 1. The Hall–Kier alpha value is -2.24. The Kier molecular flexibility index (Phi) is 5.13. The van der Waals surface area contributed by atoms with Crippen molar-refractivity contribution in [2.75, 3.05) is 4.90 Å². The molecule has 6 nitrogen and oxygen atoms in total. The SMILES string of the molecule is CC(C)(Oc1ccc(N(C(N)=O)C2CCCCC2)cc1)C(=O)O. The van der Waals surface area contributed by atoms with Crippen LogP contribution in [0.25, 0.3) is 0 Å². The number of aliphatic carboxylic acids is 1. The van der Waals surface area contributed by atoms with Gasteiger partial charge < -0.3 is 15.6 Å². The summed E-state index contributed by atoms with van der Waals surface area (Å²) in [5.41, 5.74) is 4.96. The minimum absolute atomic E-state index is 0.128. The molecule has 0 heterocycles. The van der Waals surface area contributed by atoms with E-state index in [-0.39, 0.29) is 6.04 Å². The molecule has 126 valence electrons. The zero-order valence-corrected chi connectivity index (χ0v) is 13.6. The van der Waals surface area contributed by atoms with E-state index >= 15 is 0 Å². The smallest absolute Gasteiger partial charge is 0.347 e. The third kappa shape index (κ3) is 4.15. The number of hydrogen-bond donors (Lipinski definition) is 2. The number of hydrogen-bond acceptors (Lipinski definition) is 3. The highest BCUT2D eigenvalue weighted by molar-refractivity contribution is 5.91. The monoisotopic (exact) mass is 320 g/mol. The van der Waals surface area contributed by atoms with Crippen molar-refractivity contribution >= 4 is 17.7 Å². The van der Waals surface area contributed by atoms with Gasteiger partial charge in [-0.15, -0.1) is 0 Å². The Labute approximate surface area is 136 Å². The van der Waals surface area contributed by atoms with Crippen LogP contribution in [0, 0.1) is 0 Å². The largest absolute Gasteiger partial charge is 0.478 e. The fourth-order valence-corrected chi connectivity index (χ4v) is 2.87. The molecular weight excluding hydrogens is 296 g/mol. The van der Waals surface area contributed by atoms with Crippen LogP contribution in [-0.4, -0.2) is 28.7 Å². The van der Waals surface area contributed by atoms with Crippen LogP contribution in [0.4, 0.5) is 10.5 Å². The molecular formula is C17H24N2O4. The van der Waals surface area contributed by atoms with E-state index < -0.39 is 17.6 Å². The Bertz CT molecular complexity index is 562. The van der Waals surface area contributed by atoms with Gasteiger partial charge in [0.15, 0.2) is 5.60 Å². The fraction of sp³-hybridized carbons (Fsp3) is 0.529. The fourth-order valence-electron chi connectivity index (χ4n) is 2.87. The van der Waals surface area contributed by atoms with Gasteiger partial charge in [-0.3, -0.25) is 4.90 Å². The number of urea groups is 1. The summed E-state index contributed by atoms with van der Waals surface area (Å²) in [4.78, 5) is 24.6. The first-order valence-electron chi connectivity index (χ1n) is 7.92. The number of ether oxygens (including phenoxy) is 1. The Balaban J connectivity index is 2.16. The second kappa shape index (κ2) is 6.89. The van der Waals surface area contributed by atoms with Gasteiger partial charge in [0, 0.05) is 11.7 Å². The molecule has 1 aliphatic carbocycles. The van der Waals surface area contributed by atoms with Crippen LogP contribution in [0.15, 0.2) is 24.3 Å². The minimum atomic E-state index is -1.31. The van der Waals surface area contributed by atoms with Gasteiger partial charge in [-0.25, -0.2) is 9.59 Å². The van der Waals surface area contributed by atoms with Gasteiger partial charge in [0.2, 0.25) is 0 Å².